The van der Waals surface area contributed by atoms with E-state index in [2.05, 4.69) is 44.0 Å². The van der Waals surface area contributed by atoms with Crippen LogP contribution in [0, 0.1) is 0 Å². The highest BCUT2D eigenvalue weighted by molar-refractivity contribution is 5.90. The second-order valence-electron chi connectivity index (χ2n) is 5.40. The molecule has 1 N–H and O–H groups in total. The van der Waals surface area contributed by atoms with Crippen molar-refractivity contribution in [1.82, 2.24) is 0 Å². The van der Waals surface area contributed by atoms with E-state index in [0.717, 1.165) is 16.8 Å². The maximum Gasteiger partial charge on any atom is 0.129 e. The van der Waals surface area contributed by atoms with Gasteiger partial charge in [-0.2, -0.15) is 0 Å². The lowest BCUT2D eigenvalue weighted by molar-refractivity contribution is 0.321. The third-order valence-corrected chi connectivity index (χ3v) is 3.77. The van der Waals surface area contributed by atoms with E-state index in [4.69, 9.17) is 9.94 Å². The first-order valence-electron chi connectivity index (χ1n) is 6.24. The molecule has 19 heavy (non-hydrogen) atoms. The summed E-state index contributed by atoms with van der Waals surface area (Å²) in [5, 5.41) is 11.8. The smallest absolute Gasteiger partial charge is 0.129 e. The van der Waals surface area contributed by atoms with Gasteiger partial charge in [0, 0.05) is 29.9 Å². The first kappa shape index (κ1) is 13.5. The van der Waals surface area contributed by atoms with Crippen molar-refractivity contribution >= 4 is 17.5 Å². The van der Waals surface area contributed by atoms with Gasteiger partial charge in [-0.25, -0.2) is 0 Å². The molecule has 0 amide bonds. The van der Waals surface area contributed by atoms with Gasteiger partial charge in [0.25, 0.3) is 0 Å². The van der Waals surface area contributed by atoms with E-state index in [1.54, 1.807) is 7.11 Å². The monoisotopic (exact) mass is 260 g/mol. The Morgan fingerprint density at radius 3 is 2.63 bits per heavy atom. The molecule has 0 fully saturated rings. The first-order chi connectivity index (χ1) is 8.90. The fraction of sp³-hybridized carbons (Fsp3) is 0.400. The minimum Gasteiger partial charge on any atom is -0.496 e. The van der Waals surface area contributed by atoms with Gasteiger partial charge in [0.1, 0.15) is 5.75 Å². The van der Waals surface area contributed by atoms with E-state index in [0.29, 0.717) is 5.75 Å². The molecule has 0 spiro atoms. The van der Waals surface area contributed by atoms with E-state index in [1.165, 1.54) is 11.8 Å². The van der Waals surface area contributed by atoms with Gasteiger partial charge in [0.2, 0.25) is 0 Å². The Kier molecular flexibility index (Phi) is 3.27. The summed E-state index contributed by atoms with van der Waals surface area (Å²) in [5.41, 5.74) is 4.21. The largest absolute Gasteiger partial charge is 0.496 e. The summed E-state index contributed by atoms with van der Waals surface area (Å²) in [6.45, 7) is 6.45. The molecule has 0 atom stereocenters. The molecule has 4 heteroatoms. The zero-order valence-corrected chi connectivity index (χ0v) is 12.1. The van der Waals surface area contributed by atoms with E-state index in [9.17, 15) is 0 Å². The van der Waals surface area contributed by atoms with Crippen LogP contribution in [0.5, 0.6) is 5.75 Å². The molecule has 0 unspecified atom stereocenters. The molecular weight excluding hydrogens is 240 g/mol. The Balaban J connectivity index is 2.67. The van der Waals surface area contributed by atoms with Crippen LogP contribution in [0.1, 0.15) is 31.9 Å². The number of hydrogen-bond acceptors (Lipinski definition) is 4. The number of methoxy groups -OCH3 is 1. The topological polar surface area (TPSA) is 45.1 Å². The van der Waals surface area contributed by atoms with Crippen molar-refractivity contribution in [2.45, 2.75) is 26.3 Å². The van der Waals surface area contributed by atoms with Gasteiger partial charge in [0.15, 0.2) is 0 Å². The molecule has 0 saturated heterocycles. The summed E-state index contributed by atoms with van der Waals surface area (Å²) in [6.07, 6.45) is 3.63. The van der Waals surface area contributed by atoms with Crippen LogP contribution in [0.3, 0.4) is 0 Å². The number of rotatable bonds is 2. The van der Waals surface area contributed by atoms with Gasteiger partial charge in [0.05, 0.1) is 18.9 Å². The second kappa shape index (κ2) is 4.61. The van der Waals surface area contributed by atoms with Crippen molar-refractivity contribution in [3.8, 4) is 5.75 Å². The average Bonchev–Trinajstić information content (AvgIpc) is 2.35. The van der Waals surface area contributed by atoms with Gasteiger partial charge in [-0.15, -0.1) is 0 Å². The van der Waals surface area contributed by atoms with Crippen molar-refractivity contribution < 1.29 is 9.94 Å². The zero-order chi connectivity index (χ0) is 14.2. The molecule has 1 aliphatic heterocycles. The van der Waals surface area contributed by atoms with Crippen LogP contribution in [0.25, 0.3) is 5.57 Å². The maximum atomic E-state index is 8.73. The van der Waals surface area contributed by atoms with Gasteiger partial charge in [-0.05, 0) is 32.4 Å². The molecule has 1 aliphatic rings. The van der Waals surface area contributed by atoms with Crippen molar-refractivity contribution in [3.63, 3.8) is 0 Å². The molecule has 102 valence electrons. The summed E-state index contributed by atoms with van der Waals surface area (Å²) in [4.78, 5) is 2.22. The molecular formula is C15H20N2O2. The predicted molar refractivity (Wildman–Crippen MR) is 78.5 cm³/mol. The van der Waals surface area contributed by atoms with Crippen LogP contribution in [0.4, 0.5) is 5.69 Å². The highest BCUT2D eigenvalue weighted by Gasteiger charge is 2.29. The Bertz CT molecular complexity index is 560. The molecule has 1 heterocycles. The van der Waals surface area contributed by atoms with Gasteiger partial charge >= 0.3 is 0 Å². The van der Waals surface area contributed by atoms with Crippen molar-refractivity contribution in [3.05, 3.63) is 29.3 Å². The normalized spacial score (nSPS) is 17.3. The number of oxime groups is 1. The maximum absolute atomic E-state index is 8.73. The third-order valence-electron chi connectivity index (χ3n) is 3.77. The summed E-state index contributed by atoms with van der Waals surface area (Å²) in [5.74, 6) is 0.703. The number of hydrogen-bond donors (Lipinski definition) is 1. The zero-order valence-electron chi connectivity index (χ0n) is 12.1. The van der Waals surface area contributed by atoms with Crippen LogP contribution in [0.15, 0.2) is 23.4 Å². The van der Waals surface area contributed by atoms with Gasteiger partial charge in [-0.1, -0.05) is 11.2 Å². The minimum absolute atomic E-state index is 0.0331. The number of fused-ring (bicyclic) bond motifs is 1. The van der Waals surface area contributed by atoms with Crippen molar-refractivity contribution in [2.75, 3.05) is 19.1 Å². The molecule has 0 aromatic heterocycles. The van der Waals surface area contributed by atoms with Crippen LogP contribution in [-0.4, -0.2) is 31.1 Å². The fourth-order valence-electron chi connectivity index (χ4n) is 2.53. The summed E-state index contributed by atoms with van der Waals surface area (Å²) >= 11 is 0. The number of likely N-dealkylation sites (N-methyl/N-ethyl adjacent to an activating group) is 1. The van der Waals surface area contributed by atoms with Gasteiger partial charge < -0.3 is 14.8 Å². The van der Waals surface area contributed by atoms with E-state index in [-0.39, 0.29) is 5.54 Å². The lowest BCUT2D eigenvalue weighted by Gasteiger charge is -2.40. The number of nitrogens with zero attached hydrogens (tertiary/aromatic N) is 2. The Hall–Kier alpha value is -1.97. The lowest BCUT2D eigenvalue weighted by Crippen LogP contribution is -2.42. The molecule has 0 saturated carbocycles. The Morgan fingerprint density at radius 2 is 2.05 bits per heavy atom. The highest BCUT2D eigenvalue weighted by atomic mass is 16.5. The Labute approximate surface area is 114 Å². The van der Waals surface area contributed by atoms with E-state index >= 15 is 0 Å². The van der Waals surface area contributed by atoms with Crippen LogP contribution in [-0.2, 0) is 0 Å². The average molecular weight is 260 g/mol. The summed E-state index contributed by atoms with van der Waals surface area (Å²) in [7, 11) is 3.69. The number of ether oxygens (including phenoxy) is 1. The highest BCUT2D eigenvalue weighted by Crippen LogP contribution is 2.40. The molecule has 0 bridgehead atoms. The van der Waals surface area contributed by atoms with Crippen LogP contribution < -0.4 is 9.64 Å². The summed E-state index contributed by atoms with van der Waals surface area (Å²) < 4.78 is 5.37. The van der Waals surface area contributed by atoms with Crippen LogP contribution >= 0.6 is 0 Å². The van der Waals surface area contributed by atoms with E-state index < -0.39 is 0 Å². The quantitative estimate of drug-likeness (QED) is 0.505. The standard InChI is InChI=1S/C15H20N2O2/c1-10-8-15(2,3)17(4)13-7-14(19-5)11(9-16-18)6-12(10)13/h6-9,18H,1-5H3. The molecule has 4 nitrogen and oxygen atoms in total. The molecule has 0 aliphatic carbocycles. The predicted octanol–water partition coefficient (Wildman–Crippen LogP) is 3.14. The van der Waals surface area contributed by atoms with Gasteiger partial charge in [-0.3, -0.25) is 0 Å². The van der Waals surface area contributed by atoms with Crippen molar-refractivity contribution in [1.29, 1.82) is 0 Å². The third kappa shape index (κ3) is 2.18. The van der Waals surface area contributed by atoms with Crippen molar-refractivity contribution in [2.24, 2.45) is 5.16 Å². The SMILES string of the molecule is COc1cc2c(cc1C=NO)C(C)=CC(C)(C)N2C. The first-order valence-corrected chi connectivity index (χ1v) is 6.24. The molecule has 2 rings (SSSR count). The van der Waals surface area contributed by atoms with Crippen LogP contribution in [0.2, 0.25) is 0 Å². The number of benzene rings is 1. The summed E-state index contributed by atoms with van der Waals surface area (Å²) in [6, 6.07) is 3.98. The van der Waals surface area contributed by atoms with E-state index in [1.807, 2.05) is 12.1 Å². The molecule has 1 aromatic rings. The molecule has 1 aromatic carbocycles. The molecule has 0 radical (unpaired) electrons. The Morgan fingerprint density at radius 1 is 1.37 bits per heavy atom. The fourth-order valence-corrected chi connectivity index (χ4v) is 2.53. The number of anilines is 1. The lowest BCUT2D eigenvalue weighted by atomic mass is 9.88. The minimum atomic E-state index is -0.0331. The second-order valence-corrected chi connectivity index (χ2v) is 5.40. The number of allylic oxidation sites excluding steroid dienone is 1.